The van der Waals surface area contributed by atoms with E-state index in [1.54, 1.807) is 6.07 Å². The van der Waals surface area contributed by atoms with E-state index in [9.17, 15) is 4.79 Å². The van der Waals surface area contributed by atoms with E-state index >= 15 is 0 Å². The topological polar surface area (TPSA) is 76.7 Å². The summed E-state index contributed by atoms with van der Waals surface area (Å²) in [5.74, 6) is 1.64. The van der Waals surface area contributed by atoms with Gasteiger partial charge in [0.1, 0.15) is 11.5 Å². The summed E-state index contributed by atoms with van der Waals surface area (Å²) in [6.45, 7) is 0. The van der Waals surface area contributed by atoms with Crippen LogP contribution in [-0.2, 0) is 5.88 Å². The third-order valence-corrected chi connectivity index (χ3v) is 2.92. The zero-order chi connectivity index (χ0) is 15.1. The number of ether oxygens (including phenoxy) is 1. The minimum absolute atomic E-state index is 0.357. The van der Waals surface area contributed by atoms with Gasteiger partial charge in [-0.1, -0.05) is 30.3 Å². The van der Waals surface area contributed by atoms with Gasteiger partial charge in [-0.15, -0.1) is 11.6 Å². The molecule has 5 nitrogen and oxygen atoms in total. The maximum absolute atomic E-state index is 10.6. The van der Waals surface area contributed by atoms with Crippen LogP contribution in [0.2, 0.25) is 0 Å². The summed E-state index contributed by atoms with van der Waals surface area (Å²) in [5, 5.41) is 3.73. The number of amides is 2. The van der Waals surface area contributed by atoms with Crippen LogP contribution < -0.4 is 15.9 Å². The number of carbonyl (C=O) groups is 1. The fraction of sp³-hybridized carbons (Fsp3) is 0.0667. The molecule has 0 saturated carbocycles. The summed E-state index contributed by atoms with van der Waals surface area (Å²) >= 11 is 5.89. The third kappa shape index (κ3) is 4.22. The normalized spacial score (nSPS) is 10.5. The number of hydrogen-bond acceptors (Lipinski definition) is 3. The Balaban J connectivity index is 2.24. The minimum atomic E-state index is -0.725. The molecule has 0 aliphatic carbocycles. The second-order valence-electron chi connectivity index (χ2n) is 4.12. The second kappa shape index (κ2) is 7.31. The largest absolute Gasteiger partial charge is 0.456 e. The molecule has 0 aromatic heterocycles. The molecular formula is C15H14ClN3O2. The van der Waals surface area contributed by atoms with Crippen molar-refractivity contribution >= 4 is 23.8 Å². The Labute approximate surface area is 127 Å². The van der Waals surface area contributed by atoms with Crippen molar-refractivity contribution in [2.45, 2.75) is 5.88 Å². The molecule has 2 amide bonds. The molecule has 0 saturated heterocycles. The summed E-state index contributed by atoms with van der Waals surface area (Å²) < 4.78 is 5.87. The summed E-state index contributed by atoms with van der Waals surface area (Å²) in [6, 6.07) is 14.1. The smallest absolute Gasteiger partial charge is 0.332 e. The van der Waals surface area contributed by atoms with Crippen molar-refractivity contribution in [2.75, 3.05) is 0 Å². The van der Waals surface area contributed by atoms with Gasteiger partial charge in [-0.05, 0) is 18.2 Å². The predicted octanol–water partition coefficient (Wildman–Crippen LogP) is 3.22. The Morgan fingerprint density at radius 1 is 1.19 bits per heavy atom. The number of hydrazone groups is 1. The lowest BCUT2D eigenvalue weighted by atomic mass is 10.2. The van der Waals surface area contributed by atoms with Gasteiger partial charge < -0.3 is 10.5 Å². The number of nitrogens with zero attached hydrogens (tertiary/aromatic N) is 1. The van der Waals surface area contributed by atoms with Crippen LogP contribution in [0.1, 0.15) is 11.1 Å². The van der Waals surface area contributed by atoms with Crippen molar-refractivity contribution in [1.82, 2.24) is 5.43 Å². The molecule has 0 aliphatic rings. The molecule has 0 atom stereocenters. The molecule has 2 aromatic rings. The Bertz CT molecular complexity index is 659. The van der Waals surface area contributed by atoms with E-state index in [4.69, 9.17) is 22.1 Å². The second-order valence-corrected chi connectivity index (χ2v) is 4.38. The average Bonchev–Trinajstić information content (AvgIpc) is 2.49. The van der Waals surface area contributed by atoms with E-state index in [-0.39, 0.29) is 0 Å². The van der Waals surface area contributed by atoms with Gasteiger partial charge in [0.2, 0.25) is 0 Å². The van der Waals surface area contributed by atoms with Gasteiger partial charge in [-0.3, -0.25) is 0 Å². The molecule has 0 aliphatic heterocycles. The fourth-order valence-corrected chi connectivity index (χ4v) is 1.90. The number of carbonyl (C=O) groups excluding carboxylic acids is 1. The molecule has 2 aromatic carbocycles. The summed E-state index contributed by atoms with van der Waals surface area (Å²) in [5.41, 5.74) is 8.68. The molecular weight excluding hydrogens is 290 g/mol. The standard InChI is InChI=1S/C15H14ClN3O2/c16-9-11-5-1-3-7-13(11)21-14-8-4-2-6-12(14)10-18-19-15(17)20/h1-8,10H,9H2,(H3,17,19,20)/b18-10-. The van der Waals surface area contributed by atoms with E-state index < -0.39 is 6.03 Å². The van der Waals surface area contributed by atoms with Crippen molar-refractivity contribution < 1.29 is 9.53 Å². The first-order valence-corrected chi connectivity index (χ1v) is 6.73. The Morgan fingerprint density at radius 2 is 1.86 bits per heavy atom. The van der Waals surface area contributed by atoms with Gasteiger partial charge in [0.05, 0.1) is 12.1 Å². The number of alkyl halides is 1. The average molecular weight is 304 g/mol. The van der Waals surface area contributed by atoms with Gasteiger partial charge in [0.25, 0.3) is 0 Å². The highest BCUT2D eigenvalue weighted by Crippen LogP contribution is 2.28. The highest BCUT2D eigenvalue weighted by atomic mass is 35.5. The van der Waals surface area contributed by atoms with Crippen LogP contribution in [0.3, 0.4) is 0 Å². The molecule has 108 valence electrons. The number of primary amides is 1. The molecule has 21 heavy (non-hydrogen) atoms. The van der Waals surface area contributed by atoms with Crippen LogP contribution in [0.25, 0.3) is 0 Å². The first kappa shape index (κ1) is 14.9. The SMILES string of the molecule is NC(=O)N/N=C\c1ccccc1Oc1ccccc1CCl. The number of nitrogens with one attached hydrogen (secondary N) is 1. The highest BCUT2D eigenvalue weighted by molar-refractivity contribution is 6.17. The van der Waals surface area contributed by atoms with Gasteiger partial charge in [-0.25, -0.2) is 10.2 Å². The first-order chi connectivity index (χ1) is 10.2. The predicted molar refractivity (Wildman–Crippen MR) is 82.8 cm³/mol. The van der Waals surface area contributed by atoms with E-state index in [1.165, 1.54) is 6.21 Å². The number of hydrogen-bond donors (Lipinski definition) is 2. The van der Waals surface area contributed by atoms with Crippen molar-refractivity contribution in [3.63, 3.8) is 0 Å². The molecule has 0 heterocycles. The molecule has 0 unspecified atom stereocenters. The van der Waals surface area contributed by atoms with Gasteiger partial charge in [0, 0.05) is 11.1 Å². The van der Waals surface area contributed by atoms with Crippen molar-refractivity contribution in [2.24, 2.45) is 10.8 Å². The Kier molecular flexibility index (Phi) is 5.17. The van der Waals surface area contributed by atoms with Crippen LogP contribution >= 0.6 is 11.6 Å². The number of halogens is 1. The maximum Gasteiger partial charge on any atom is 0.332 e. The maximum atomic E-state index is 10.6. The van der Waals surface area contributed by atoms with Crippen molar-refractivity contribution in [3.8, 4) is 11.5 Å². The van der Waals surface area contributed by atoms with E-state index in [0.29, 0.717) is 22.9 Å². The number of rotatable bonds is 5. The zero-order valence-corrected chi connectivity index (χ0v) is 11.9. The number of nitrogens with two attached hydrogens (primary N) is 1. The summed E-state index contributed by atoms with van der Waals surface area (Å²) in [4.78, 5) is 10.6. The lowest BCUT2D eigenvalue weighted by Crippen LogP contribution is -2.24. The zero-order valence-electron chi connectivity index (χ0n) is 11.1. The number of benzene rings is 2. The molecule has 6 heteroatoms. The first-order valence-electron chi connectivity index (χ1n) is 6.20. The lowest BCUT2D eigenvalue weighted by molar-refractivity contribution is 0.249. The van der Waals surface area contributed by atoms with Crippen LogP contribution in [0, 0.1) is 0 Å². The molecule has 0 spiro atoms. The van der Waals surface area contributed by atoms with Crippen molar-refractivity contribution in [1.29, 1.82) is 0 Å². The molecule has 0 radical (unpaired) electrons. The summed E-state index contributed by atoms with van der Waals surface area (Å²) in [7, 11) is 0. The van der Waals surface area contributed by atoms with Crippen LogP contribution in [0.5, 0.6) is 11.5 Å². The quantitative estimate of drug-likeness (QED) is 0.505. The van der Waals surface area contributed by atoms with E-state index in [1.807, 2.05) is 42.5 Å². The van der Waals surface area contributed by atoms with Crippen LogP contribution in [0.4, 0.5) is 4.79 Å². The van der Waals surface area contributed by atoms with Crippen LogP contribution in [0.15, 0.2) is 53.6 Å². The molecule has 0 bridgehead atoms. The van der Waals surface area contributed by atoms with Gasteiger partial charge in [0.15, 0.2) is 0 Å². The fourth-order valence-electron chi connectivity index (χ4n) is 1.68. The third-order valence-electron chi connectivity index (χ3n) is 2.63. The monoisotopic (exact) mass is 303 g/mol. The Morgan fingerprint density at radius 3 is 2.57 bits per heavy atom. The lowest BCUT2D eigenvalue weighted by Gasteiger charge is -2.11. The molecule has 2 rings (SSSR count). The van der Waals surface area contributed by atoms with Crippen molar-refractivity contribution in [3.05, 3.63) is 59.7 Å². The van der Waals surface area contributed by atoms with E-state index in [0.717, 1.165) is 5.56 Å². The molecule has 3 N–H and O–H groups in total. The van der Waals surface area contributed by atoms with Crippen LogP contribution in [-0.4, -0.2) is 12.2 Å². The van der Waals surface area contributed by atoms with E-state index in [2.05, 4.69) is 10.5 Å². The van der Waals surface area contributed by atoms with Gasteiger partial charge in [-0.2, -0.15) is 5.10 Å². The molecule has 0 fully saturated rings. The Hall–Kier alpha value is -2.53. The van der Waals surface area contributed by atoms with Gasteiger partial charge >= 0.3 is 6.03 Å². The number of urea groups is 1. The highest BCUT2D eigenvalue weighted by Gasteiger charge is 2.06. The number of para-hydroxylation sites is 2. The minimum Gasteiger partial charge on any atom is -0.456 e. The summed E-state index contributed by atoms with van der Waals surface area (Å²) in [6.07, 6.45) is 1.46.